The van der Waals surface area contributed by atoms with Crippen LogP contribution < -0.4 is 5.73 Å². The Labute approximate surface area is 116 Å². The Bertz CT molecular complexity index is 440. The summed E-state index contributed by atoms with van der Waals surface area (Å²) in [6, 6.07) is 4.52. The fraction of sp³-hybridized carbons (Fsp3) is 0.500. The second-order valence-corrected chi connectivity index (χ2v) is 6.40. The van der Waals surface area contributed by atoms with E-state index in [1.165, 1.54) is 6.07 Å². The molecule has 0 bridgehead atoms. The van der Waals surface area contributed by atoms with Gasteiger partial charge in [-0.2, -0.15) is 0 Å². The van der Waals surface area contributed by atoms with E-state index < -0.39 is 0 Å². The first-order valence-corrected chi connectivity index (χ1v) is 6.71. The predicted molar refractivity (Wildman–Crippen MR) is 74.9 cm³/mol. The number of rotatable bonds is 4. The zero-order chi connectivity index (χ0) is 13.9. The molecule has 0 radical (unpaired) electrons. The largest absolute Gasteiger partial charge is 0.327 e. The average Bonchev–Trinajstić information content (AvgIpc) is 2.23. The van der Waals surface area contributed by atoms with E-state index in [1.807, 2.05) is 20.8 Å². The molecule has 0 aliphatic heterocycles. The van der Waals surface area contributed by atoms with Crippen molar-refractivity contribution in [1.82, 2.24) is 0 Å². The van der Waals surface area contributed by atoms with E-state index in [-0.39, 0.29) is 29.5 Å². The Morgan fingerprint density at radius 2 is 2.06 bits per heavy atom. The lowest BCUT2D eigenvalue weighted by Crippen LogP contribution is -2.37. The first kappa shape index (κ1) is 15.3. The molecule has 0 saturated carbocycles. The molecule has 0 heterocycles. The third kappa shape index (κ3) is 4.18. The van der Waals surface area contributed by atoms with Crippen molar-refractivity contribution in [3.8, 4) is 0 Å². The summed E-state index contributed by atoms with van der Waals surface area (Å²) >= 11 is 3.16. The highest BCUT2D eigenvalue weighted by atomic mass is 79.9. The van der Waals surface area contributed by atoms with Crippen molar-refractivity contribution >= 4 is 21.7 Å². The average molecular weight is 316 g/mol. The van der Waals surface area contributed by atoms with Gasteiger partial charge in [0.2, 0.25) is 0 Å². The zero-order valence-corrected chi connectivity index (χ0v) is 12.6. The number of ketones is 1. The van der Waals surface area contributed by atoms with Crippen molar-refractivity contribution in [1.29, 1.82) is 0 Å². The van der Waals surface area contributed by atoms with E-state index in [0.717, 1.165) is 0 Å². The molecule has 0 amide bonds. The first-order valence-electron chi connectivity index (χ1n) is 5.92. The fourth-order valence-electron chi connectivity index (χ4n) is 1.52. The maximum Gasteiger partial charge on any atom is 0.138 e. The lowest BCUT2D eigenvalue weighted by atomic mass is 9.84. The minimum atomic E-state index is -0.347. The third-order valence-electron chi connectivity index (χ3n) is 2.98. The molecule has 0 aromatic heterocycles. The van der Waals surface area contributed by atoms with Crippen LogP contribution in [0.15, 0.2) is 22.7 Å². The van der Waals surface area contributed by atoms with Crippen LogP contribution >= 0.6 is 15.9 Å². The minimum absolute atomic E-state index is 0.0312. The van der Waals surface area contributed by atoms with Crippen LogP contribution in [0, 0.1) is 11.2 Å². The van der Waals surface area contributed by atoms with Crippen molar-refractivity contribution < 1.29 is 9.18 Å². The van der Waals surface area contributed by atoms with Crippen molar-refractivity contribution in [2.45, 2.75) is 39.7 Å². The van der Waals surface area contributed by atoms with Gasteiger partial charge >= 0.3 is 0 Å². The molecule has 2 nitrogen and oxygen atoms in total. The normalized spacial score (nSPS) is 13.4. The summed E-state index contributed by atoms with van der Waals surface area (Å²) in [6.45, 7) is 6.01. The van der Waals surface area contributed by atoms with Crippen molar-refractivity contribution in [2.24, 2.45) is 11.1 Å². The smallest absolute Gasteiger partial charge is 0.138 e. The minimum Gasteiger partial charge on any atom is -0.327 e. The Morgan fingerprint density at radius 3 is 2.61 bits per heavy atom. The van der Waals surface area contributed by atoms with Crippen LogP contribution in [0.25, 0.3) is 0 Å². The van der Waals surface area contributed by atoms with E-state index in [0.29, 0.717) is 16.5 Å². The van der Waals surface area contributed by atoms with E-state index in [4.69, 9.17) is 5.73 Å². The van der Waals surface area contributed by atoms with E-state index in [2.05, 4.69) is 15.9 Å². The maximum atomic E-state index is 13.3. The molecule has 1 aromatic rings. The summed E-state index contributed by atoms with van der Waals surface area (Å²) in [5.41, 5.74) is 6.53. The first-order chi connectivity index (χ1) is 8.21. The SMILES string of the molecule is CC(C)(C)C(N)CC(=O)Cc1cccc(F)c1Br. The van der Waals surface area contributed by atoms with Crippen LogP contribution in [0.1, 0.15) is 32.8 Å². The lowest BCUT2D eigenvalue weighted by Gasteiger charge is -2.26. The molecular weight excluding hydrogens is 297 g/mol. The Kier molecular flexibility index (Phi) is 5.05. The highest BCUT2D eigenvalue weighted by molar-refractivity contribution is 9.10. The van der Waals surface area contributed by atoms with Gasteiger partial charge in [0.05, 0.1) is 4.47 Å². The van der Waals surface area contributed by atoms with Crippen LogP contribution in [0.4, 0.5) is 4.39 Å². The molecule has 1 atom stereocenters. The lowest BCUT2D eigenvalue weighted by molar-refractivity contribution is -0.119. The summed E-state index contributed by atoms with van der Waals surface area (Å²) in [7, 11) is 0. The van der Waals surface area contributed by atoms with Gasteiger partial charge in [-0.25, -0.2) is 4.39 Å². The number of Topliss-reactive ketones (excluding diaryl/α,β-unsaturated/α-hetero) is 1. The van der Waals surface area contributed by atoms with E-state index in [1.54, 1.807) is 12.1 Å². The zero-order valence-electron chi connectivity index (χ0n) is 11.0. The molecule has 0 fully saturated rings. The molecule has 1 rings (SSSR count). The highest BCUT2D eigenvalue weighted by Crippen LogP contribution is 2.23. The molecule has 1 aromatic carbocycles. The third-order valence-corrected chi connectivity index (χ3v) is 3.87. The van der Waals surface area contributed by atoms with Gasteiger partial charge in [-0.15, -0.1) is 0 Å². The van der Waals surface area contributed by atoms with Crippen molar-refractivity contribution in [3.63, 3.8) is 0 Å². The van der Waals surface area contributed by atoms with Gasteiger partial charge in [0.15, 0.2) is 0 Å². The molecular formula is C14H19BrFNO. The molecule has 2 N–H and O–H groups in total. The van der Waals surface area contributed by atoms with Crippen LogP contribution in [-0.4, -0.2) is 11.8 Å². The van der Waals surface area contributed by atoms with E-state index in [9.17, 15) is 9.18 Å². The number of hydrogen-bond acceptors (Lipinski definition) is 2. The van der Waals surface area contributed by atoms with Gasteiger partial charge in [0, 0.05) is 18.9 Å². The monoisotopic (exact) mass is 315 g/mol. The number of nitrogens with two attached hydrogens (primary N) is 1. The summed E-state index contributed by atoms with van der Waals surface area (Å²) in [4.78, 5) is 11.9. The standard InChI is InChI=1S/C14H19BrFNO/c1-14(2,3)12(17)8-10(18)7-9-5-4-6-11(16)13(9)15/h4-6,12H,7-8,17H2,1-3H3. The van der Waals surface area contributed by atoms with Crippen molar-refractivity contribution in [2.75, 3.05) is 0 Å². The van der Waals surface area contributed by atoms with Crippen LogP contribution in [0.3, 0.4) is 0 Å². The van der Waals surface area contributed by atoms with E-state index >= 15 is 0 Å². The molecule has 1 unspecified atom stereocenters. The second-order valence-electron chi connectivity index (χ2n) is 5.61. The van der Waals surface area contributed by atoms with Gasteiger partial charge in [0.1, 0.15) is 11.6 Å². The summed E-state index contributed by atoms with van der Waals surface area (Å²) in [5, 5.41) is 0. The summed E-state index contributed by atoms with van der Waals surface area (Å²) in [5.74, 6) is -0.316. The number of benzene rings is 1. The predicted octanol–water partition coefficient (Wildman–Crippen LogP) is 3.46. The van der Waals surface area contributed by atoms with Crippen LogP contribution in [-0.2, 0) is 11.2 Å². The Hall–Kier alpha value is -0.740. The number of carbonyl (C=O) groups excluding carboxylic acids is 1. The van der Waals surface area contributed by atoms with Crippen LogP contribution in [0.2, 0.25) is 0 Å². The van der Waals surface area contributed by atoms with Gasteiger partial charge in [0.25, 0.3) is 0 Å². The van der Waals surface area contributed by atoms with Gasteiger partial charge < -0.3 is 5.73 Å². The molecule has 0 saturated heterocycles. The molecule has 0 aliphatic carbocycles. The molecule has 0 aliphatic rings. The topological polar surface area (TPSA) is 43.1 Å². The molecule has 0 spiro atoms. The van der Waals surface area contributed by atoms with Gasteiger partial charge in [-0.1, -0.05) is 32.9 Å². The molecule has 4 heteroatoms. The number of halogens is 2. The second kappa shape index (κ2) is 5.93. The van der Waals surface area contributed by atoms with Gasteiger partial charge in [-0.3, -0.25) is 4.79 Å². The Morgan fingerprint density at radius 1 is 1.44 bits per heavy atom. The van der Waals surface area contributed by atoms with Gasteiger partial charge in [-0.05, 0) is 33.0 Å². The number of hydrogen-bond donors (Lipinski definition) is 1. The molecule has 100 valence electrons. The highest BCUT2D eigenvalue weighted by Gasteiger charge is 2.23. The number of carbonyl (C=O) groups is 1. The summed E-state index contributed by atoms with van der Waals surface area (Å²) in [6.07, 6.45) is 0.522. The Balaban J connectivity index is 2.69. The van der Waals surface area contributed by atoms with Crippen LogP contribution in [0.5, 0.6) is 0 Å². The quantitative estimate of drug-likeness (QED) is 0.924. The fourth-order valence-corrected chi connectivity index (χ4v) is 1.93. The van der Waals surface area contributed by atoms with Crippen molar-refractivity contribution in [3.05, 3.63) is 34.1 Å². The summed E-state index contributed by atoms with van der Waals surface area (Å²) < 4.78 is 13.7. The molecule has 18 heavy (non-hydrogen) atoms. The maximum absolute atomic E-state index is 13.3.